The molecule has 1 nitrogen and oxygen atoms in total. The van der Waals surface area contributed by atoms with Gasteiger partial charge >= 0.3 is 59.9 Å². The molecule has 1 fully saturated rings. The summed E-state index contributed by atoms with van der Waals surface area (Å²) in [6.07, 6.45) is 1.38. The van der Waals surface area contributed by atoms with Crippen molar-refractivity contribution in [1.29, 1.82) is 0 Å². The Morgan fingerprint density at radius 3 is 3.00 bits per heavy atom. The normalized spacial score (nSPS) is 30.4. The number of hydrogen-bond donors (Lipinski definition) is 1. The van der Waals surface area contributed by atoms with Gasteiger partial charge in [-0.2, -0.15) is 0 Å². The summed E-state index contributed by atoms with van der Waals surface area (Å²) in [4.78, 5) is 0. The third-order valence-corrected chi connectivity index (χ3v) is 5.81. The van der Waals surface area contributed by atoms with Crippen molar-refractivity contribution in [3.63, 3.8) is 0 Å². The van der Waals surface area contributed by atoms with Gasteiger partial charge in [0.05, 0.1) is 0 Å². The minimum atomic E-state index is 0.844. The third-order valence-electron chi connectivity index (χ3n) is 1.31. The zero-order valence-electron chi connectivity index (χ0n) is 5.02. The Morgan fingerprint density at radius 2 is 2.62 bits per heavy atom. The van der Waals surface area contributed by atoms with Crippen molar-refractivity contribution in [1.82, 2.24) is 5.32 Å². The summed E-state index contributed by atoms with van der Waals surface area (Å²) >= 11 is 0.881. The zero-order valence-corrected chi connectivity index (χ0v) is 7.54. The van der Waals surface area contributed by atoms with Gasteiger partial charge in [-0.15, -0.1) is 0 Å². The summed E-state index contributed by atoms with van der Waals surface area (Å²) in [6, 6.07) is 0.844. The fourth-order valence-corrected chi connectivity index (χ4v) is 5.14. The van der Waals surface area contributed by atoms with E-state index in [1.807, 2.05) is 0 Å². The van der Waals surface area contributed by atoms with Crippen LogP contribution in [-0.2, 0) is 0 Å². The topological polar surface area (TPSA) is 12.0 Å². The molecule has 1 atom stereocenters. The molecule has 0 amide bonds. The molecular formula is C5H11NSSe. The summed E-state index contributed by atoms with van der Waals surface area (Å²) in [6.45, 7) is 0. The Balaban J connectivity index is 2.13. The molecule has 0 aromatic carbocycles. The van der Waals surface area contributed by atoms with Crippen LogP contribution in [0.4, 0.5) is 0 Å². The molecule has 8 heavy (non-hydrogen) atoms. The molecule has 48 valence electrons. The summed E-state index contributed by atoms with van der Waals surface area (Å²) < 4.78 is 0. The number of rotatable bonds is 1. The first-order valence-electron chi connectivity index (χ1n) is 2.85. The average molecular weight is 196 g/mol. The van der Waals surface area contributed by atoms with Gasteiger partial charge in [0.25, 0.3) is 0 Å². The van der Waals surface area contributed by atoms with Gasteiger partial charge in [0.2, 0.25) is 0 Å². The predicted molar refractivity (Wildman–Crippen MR) is 40.5 cm³/mol. The summed E-state index contributed by atoms with van der Waals surface area (Å²) in [5, 5.41) is 4.73. The van der Waals surface area contributed by atoms with Gasteiger partial charge in [-0.3, -0.25) is 0 Å². The van der Waals surface area contributed by atoms with E-state index in [0.717, 1.165) is 19.9 Å². The van der Waals surface area contributed by atoms with Crippen LogP contribution in [0.5, 0.6) is 0 Å². The first-order chi connectivity index (χ1) is 3.93. The molecule has 1 aliphatic heterocycles. The molecule has 0 aromatic heterocycles. The van der Waals surface area contributed by atoms with Crippen molar-refractivity contribution in [2.75, 3.05) is 12.8 Å². The van der Waals surface area contributed by atoms with E-state index in [2.05, 4.69) is 22.5 Å². The molecule has 1 N–H and O–H groups in total. The molecule has 3 heteroatoms. The van der Waals surface area contributed by atoms with Crippen LogP contribution in [0.3, 0.4) is 0 Å². The molecule has 0 radical (unpaired) electrons. The molecule has 0 aromatic rings. The molecule has 0 unspecified atom stereocenters. The van der Waals surface area contributed by atoms with Crippen molar-refractivity contribution in [2.45, 2.75) is 17.8 Å². The molecule has 0 aliphatic carbocycles. The SMILES string of the molecule is CN[C@@H]1CCS[Se]C1. The minimum absolute atomic E-state index is 0.844. The molecule has 0 saturated carbocycles. The van der Waals surface area contributed by atoms with Crippen LogP contribution in [0.1, 0.15) is 6.42 Å². The van der Waals surface area contributed by atoms with E-state index in [0.29, 0.717) is 0 Å². The number of hydrogen-bond acceptors (Lipinski definition) is 2. The second-order valence-electron chi connectivity index (χ2n) is 1.88. The van der Waals surface area contributed by atoms with Crippen molar-refractivity contribution >= 4 is 24.0 Å². The van der Waals surface area contributed by atoms with Crippen LogP contribution in [0.15, 0.2) is 0 Å². The van der Waals surface area contributed by atoms with Crippen LogP contribution in [-0.4, -0.2) is 32.7 Å². The van der Waals surface area contributed by atoms with Crippen LogP contribution in [0.25, 0.3) is 0 Å². The van der Waals surface area contributed by atoms with Crippen molar-refractivity contribution in [3.8, 4) is 0 Å². The monoisotopic (exact) mass is 197 g/mol. The van der Waals surface area contributed by atoms with Crippen LogP contribution in [0, 0.1) is 0 Å². The standard InChI is InChI=1S/C5H11NSSe/c1-6-5-2-3-7-8-4-5/h5-6H,2-4H2,1H3/t5-/m1/s1. The van der Waals surface area contributed by atoms with Crippen LogP contribution >= 0.6 is 10.2 Å². The Kier molecular flexibility index (Phi) is 3.28. The predicted octanol–water partition coefficient (Wildman–Crippen LogP) is 0.749. The molecule has 0 spiro atoms. The molecule has 1 heterocycles. The van der Waals surface area contributed by atoms with E-state index in [1.165, 1.54) is 17.5 Å². The Hall–Kier alpha value is 0.829. The van der Waals surface area contributed by atoms with Crippen molar-refractivity contribution in [2.24, 2.45) is 0 Å². The Bertz CT molecular complexity index is 63.4. The maximum atomic E-state index is 3.31. The van der Waals surface area contributed by atoms with Gasteiger partial charge < -0.3 is 0 Å². The van der Waals surface area contributed by atoms with Gasteiger partial charge in [-0.25, -0.2) is 0 Å². The first-order valence-corrected chi connectivity index (χ1v) is 7.07. The Morgan fingerprint density at radius 1 is 1.75 bits per heavy atom. The average Bonchev–Trinajstić information content (AvgIpc) is 1.90. The second-order valence-corrected chi connectivity index (χ2v) is 6.43. The fourth-order valence-electron chi connectivity index (χ4n) is 0.691. The van der Waals surface area contributed by atoms with Gasteiger partial charge in [-0.05, 0) is 0 Å². The maximum absolute atomic E-state index is 3.31. The van der Waals surface area contributed by atoms with Gasteiger partial charge in [0.15, 0.2) is 0 Å². The van der Waals surface area contributed by atoms with Crippen LogP contribution < -0.4 is 5.32 Å². The Labute approximate surface area is 60.2 Å². The van der Waals surface area contributed by atoms with E-state index in [1.54, 1.807) is 0 Å². The summed E-state index contributed by atoms with van der Waals surface area (Å²) in [5.74, 6) is 1.38. The zero-order chi connectivity index (χ0) is 5.82. The van der Waals surface area contributed by atoms with Crippen molar-refractivity contribution < 1.29 is 0 Å². The van der Waals surface area contributed by atoms with E-state index < -0.39 is 0 Å². The second kappa shape index (κ2) is 3.78. The van der Waals surface area contributed by atoms with Gasteiger partial charge in [0.1, 0.15) is 0 Å². The molecule has 1 saturated heterocycles. The van der Waals surface area contributed by atoms with E-state index in [-0.39, 0.29) is 0 Å². The van der Waals surface area contributed by atoms with E-state index >= 15 is 0 Å². The quantitative estimate of drug-likeness (QED) is 0.621. The third kappa shape index (κ3) is 1.98. The number of nitrogens with one attached hydrogen (secondary N) is 1. The summed E-state index contributed by atoms with van der Waals surface area (Å²) in [5.41, 5.74) is 0. The summed E-state index contributed by atoms with van der Waals surface area (Å²) in [7, 11) is 4.20. The van der Waals surface area contributed by atoms with E-state index in [4.69, 9.17) is 0 Å². The molecular weight excluding hydrogens is 185 g/mol. The molecule has 1 rings (SSSR count). The van der Waals surface area contributed by atoms with Gasteiger partial charge in [-0.1, -0.05) is 0 Å². The van der Waals surface area contributed by atoms with Crippen molar-refractivity contribution in [3.05, 3.63) is 0 Å². The first kappa shape index (κ1) is 6.94. The molecule has 1 aliphatic rings. The molecule has 0 bridgehead atoms. The van der Waals surface area contributed by atoms with Crippen LogP contribution in [0.2, 0.25) is 5.32 Å². The fraction of sp³-hybridized carbons (Fsp3) is 1.00. The van der Waals surface area contributed by atoms with Gasteiger partial charge in [0, 0.05) is 0 Å². The van der Waals surface area contributed by atoms with E-state index in [9.17, 15) is 0 Å².